The Balaban J connectivity index is 0.000000550. The quantitative estimate of drug-likeness (QED) is 0.546. The first-order valence-electron chi connectivity index (χ1n) is 7.76. The Hall–Kier alpha value is -0.900. The molecule has 0 aliphatic carbocycles. The van der Waals surface area contributed by atoms with E-state index in [4.69, 9.17) is 18.6 Å². The van der Waals surface area contributed by atoms with Crippen molar-refractivity contribution < 1.29 is 42.1 Å². The first-order valence-corrected chi connectivity index (χ1v) is 10.2. The molecule has 0 saturated heterocycles. The molecular weight excluding hydrogens is 381 g/mol. The summed E-state index contributed by atoms with van der Waals surface area (Å²) in [4.78, 5) is 0.565. The molecule has 9 heteroatoms. The standard InChI is InChI=1S/C16H20F3S.ClHO4/c1-2-3-4-5-6-10-14-12-13-9-7-8-11-15(13)20(14)16(17,18)19;2-1(3,4)5/h7-9,11-12H,2-6,10H2,1H3;(H,2,3,4,5)/q+1;/p-1. The van der Waals surface area contributed by atoms with Gasteiger partial charge < -0.3 is 0 Å². The molecule has 0 bridgehead atoms. The normalized spacial score (nSPS) is 12.9. The number of benzene rings is 1. The summed E-state index contributed by atoms with van der Waals surface area (Å²) in [6.45, 7) is 2.14. The van der Waals surface area contributed by atoms with Crippen molar-refractivity contribution in [3.05, 3.63) is 35.2 Å². The molecule has 0 spiro atoms. The summed E-state index contributed by atoms with van der Waals surface area (Å²) < 4.78 is 74.3. The minimum Gasteiger partial charge on any atom is -0.222 e. The van der Waals surface area contributed by atoms with Crippen LogP contribution in [0, 0.1) is 10.2 Å². The van der Waals surface area contributed by atoms with E-state index in [0.29, 0.717) is 16.0 Å². The van der Waals surface area contributed by atoms with Crippen molar-refractivity contribution in [3.8, 4) is 0 Å². The molecular formula is C16H20ClF3O4S. The van der Waals surface area contributed by atoms with Crippen molar-refractivity contribution >= 4 is 20.6 Å². The fraction of sp³-hybridized carbons (Fsp3) is 0.500. The summed E-state index contributed by atoms with van der Waals surface area (Å²) in [6, 6.07) is 8.66. The Kier molecular flexibility index (Phi) is 8.59. The highest BCUT2D eigenvalue weighted by molar-refractivity contribution is 7.38. The van der Waals surface area contributed by atoms with Crippen LogP contribution in [0.1, 0.15) is 43.9 Å². The van der Waals surface area contributed by atoms with Gasteiger partial charge in [-0.3, -0.25) is 0 Å². The van der Waals surface area contributed by atoms with Gasteiger partial charge in [0.25, 0.3) is 0 Å². The van der Waals surface area contributed by atoms with Gasteiger partial charge in [0.2, 0.25) is 0 Å². The van der Waals surface area contributed by atoms with Crippen LogP contribution < -0.4 is 18.6 Å². The third kappa shape index (κ3) is 8.35. The lowest BCUT2D eigenvalue weighted by Gasteiger charge is -2.17. The maximum absolute atomic E-state index is 13.3. The molecule has 2 rings (SSSR count). The highest BCUT2D eigenvalue weighted by Gasteiger charge is 2.47. The second-order valence-corrected chi connectivity index (χ2v) is 8.24. The van der Waals surface area contributed by atoms with Gasteiger partial charge in [-0.15, -0.1) is 23.4 Å². The molecule has 4 nitrogen and oxygen atoms in total. The van der Waals surface area contributed by atoms with E-state index in [2.05, 4.69) is 6.92 Å². The molecule has 25 heavy (non-hydrogen) atoms. The molecule has 1 aromatic carbocycles. The number of alkyl halides is 3. The van der Waals surface area contributed by atoms with Gasteiger partial charge in [-0.05, 0) is 18.6 Å². The second-order valence-electron chi connectivity index (χ2n) is 5.44. The SMILES string of the molecule is CCCCCCCc1cc2ccccc2[s+]1C(F)(F)F.[O-][Cl+3]([O-])([O-])[O-]. The molecule has 0 aliphatic rings. The van der Waals surface area contributed by atoms with E-state index in [1.54, 1.807) is 30.3 Å². The average Bonchev–Trinajstić information content (AvgIpc) is 2.83. The zero-order valence-electron chi connectivity index (χ0n) is 13.7. The molecule has 0 fully saturated rings. The molecule has 0 saturated carbocycles. The van der Waals surface area contributed by atoms with Crippen LogP contribution in [0.15, 0.2) is 30.3 Å². The lowest BCUT2D eigenvalue weighted by molar-refractivity contribution is -2.00. The predicted octanol–water partition coefficient (Wildman–Crippen LogP) is 1.82. The second kappa shape index (κ2) is 9.70. The van der Waals surface area contributed by atoms with Gasteiger partial charge in [0.15, 0.2) is 9.58 Å². The van der Waals surface area contributed by atoms with E-state index in [1.807, 2.05) is 0 Å². The number of halogens is 4. The minimum atomic E-state index is -4.94. The summed E-state index contributed by atoms with van der Waals surface area (Å²) in [5.41, 5.74) is -4.15. The first kappa shape index (κ1) is 22.1. The summed E-state index contributed by atoms with van der Waals surface area (Å²) in [7, 11) is -6.65. The molecule has 0 radical (unpaired) electrons. The lowest BCUT2D eigenvalue weighted by Crippen LogP contribution is -2.68. The van der Waals surface area contributed by atoms with E-state index in [-0.39, 0.29) is 0 Å². The van der Waals surface area contributed by atoms with Crippen molar-refractivity contribution in [1.29, 1.82) is 0 Å². The number of thiophene rings is 1. The summed E-state index contributed by atoms with van der Waals surface area (Å²) >= 11 is 0. The van der Waals surface area contributed by atoms with Gasteiger partial charge >= 0.3 is 5.51 Å². The molecule has 1 atom stereocenters. The minimum absolute atomic E-state index is 0.448. The topological polar surface area (TPSA) is 92.2 Å². The summed E-state index contributed by atoms with van der Waals surface area (Å²) in [6.07, 6.45) is 5.90. The maximum atomic E-state index is 13.3. The van der Waals surface area contributed by atoms with Crippen molar-refractivity contribution in [2.75, 3.05) is 0 Å². The van der Waals surface area contributed by atoms with Gasteiger partial charge in [-0.1, -0.05) is 44.7 Å². The Morgan fingerprint density at radius 2 is 1.52 bits per heavy atom. The van der Waals surface area contributed by atoms with Gasteiger partial charge in [-0.2, -0.15) is 0 Å². The van der Waals surface area contributed by atoms with Crippen molar-refractivity contribution in [1.82, 2.24) is 0 Å². The summed E-state index contributed by atoms with van der Waals surface area (Å²) in [5.74, 6) is 0. The molecule has 0 aliphatic heterocycles. The smallest absolute Gasteiger partial charge is 0.222 e. The van der Waals surface area contributed by atoms with Crippen molar-refractivity contribution in [2.24, 2.45) is 0 Å². The molecule has 1 heterocycles. The van der Waals surface area contributed by atoms with Gasteiger partial charge in [0, 0.05) is 17.9 Å². The average molecular weight is 401 g/mol. The third-order valence-electron chi connectivity index (χ3n) is 3.48. The van der Waals surface area contributed by atoms with E-state index >= 15 is 0 Å². The van der Waals surface area contributed by atoms with Gasteiger partial charge in [-0.25, -0.2) is 18.6 Å². The molecule has 1 aromatic heterocycles. The Bertz CT molecular complexity index is 647. The van der Waals surface area contributed by atoms with Crippen LogP contribution in [0.2, 0.25) is 0 Å². The molecule has 2 aromatic rings. The van der Waals surface area contributed by atoms with Gasteiger partial charge in [0.05, 0.1) is 10.5 Å². The number of hydrogen-bond acceptors (Lipinski definition) is 4. The Morgan fingerprint density at radius 1 is 0.960 bits per heavy atom. The van der Waals surface area contributed by atoms with Crippen molar-refractivity contribution in [3.63, 3.8) is 0 Å². The largest absolute Gasteiger partial charge is 0.600 e. The number of aryl methyl sites for hydroxylation is 1. The van der Waals surface area contributed by atoms with E-state index in [1.165, 1.54) is 6.42 Å². The van der Waals surface area contributed by atoms with E-state index < -0.39 is 26.2 Å². The monoisotopic (exact) mass is 400 g/mol. The lowest BCUT2D eigenvalue weighted by atomic mass is 10.1. The molecule has 0 amide bonds. The first-order chi connectivity index (χ1) is 11.5. The zero-order chi connectivity index (χ0) is 19.1. The van der Waals surface area contributed by atoms with Gasteiger partial charge in [0.1, 0.15) is 0 Å². The maximum Gasteiger partial charge on any atom is 0.600 e. The number of fused-ring (bicyclic) bond motifs is 1. The number of hydrogen-bond donors (Lipinski definition) is 0. The van der Waals surface area contributed by atoms with E-state index in [9.17, 15) is 13.2 Å². The Labute approximate surface area is 149 Å². The van der Waals surface area contributed by atoms with Crippen LogP contribution in [-0.2, 0) is 11.9 Å². The predicted molar refractivity (Wildman–Crippen MR) is 80.2 cm³/mol. The van der Waals surface area contributed by atoms with Crippen molar-refractivity contribution in [2.45, 2.75) is 51.0 Å². The molecule has 1 unspecified atom stereocenters. The third-order valence-corrected chi connectivity index (χ3v) is 5.60. The zero-order valence-corrected chi connectivity index (χ0v) is 15.3. The number of rotatable bonds is 6. The summed E-state index contributed by atoms with van der Waals surface area (Å²) in [5, 5.41) is 0.747. The fourth-order valence-corrected chi connectivity index (χ4v) is 4.51. The van der Waals surface area contributed by atoms with Crippen LogP contribution in [0.25, 0.3) is 10.1 Å². The van der Waals surface area contributed by atoms with Crippen LogP contribution in [0.5, 0.6) is 0 Å². The van der Waals surface area contributed by atoms with E-state index in [0.717, 1.165) is 31.1 Å². The highest BCUT2D eigenvalue weighted by atomic mass is 35.7. The molecule has 142 valence electrons. The Morgan fingerprint density at radius 3 is 2.08 bits per heavy atom. The van der Waals surface area contributed by atoms with Crippen LogP contribution >= 0.6 is 10.5 Å². The van der Waals surface area contributed by atoms with Crippen LogP contribution in [0.3, 0.4) is 0 Å². The molecule has 0 N–H and O–H groups in total. The number of unbranched alkanes of at least 4 members (excludes halogenated alkanes) is 4. The van der Waals surface area contributed by atoms with Crippen LogP contribution in [-0.4, -0.2) is 0 Å². The van der Waals surface area contributed by atoms with Crippen LogP contribution in [0.4, 0.5) is 13.2 Å². The fourth-order valence-electron chi connectivity index (χ4n) is 2.51. The highest BCUT2D eigenvalue weighted by Crippen LogP contribution is 2.51.